The van der Waals surface area contributed by atoms with Gasteiger partial charge in [0.2, 0.25) is 11.8 Å². The Labute approximate surface area is 252 Å². The van der Waals surface area contributed by atoms with Crippen LogP contribution in [0.3, 0.4) is 0 Å². The van der Waals surface area contributed by atoms with Crippen LogP contribution in [0.2, 0.25) is 0 Å². The minimum atomic E-state index is -1.32. The molecule has 0 bridgehead atoms. The second kappa shape index (κ2) is 14.4. The van der Waals surface area contributed by atoms with Gasteiger partial charge in [0, 0.05) is 18.7 Å². The first-order valence-electron chi connectivity index (χ1n) is 13.7. The normalized spacial score (nSPS) is 14.8. The number of carboxylic acids is 2. The molecule has 1 aliphatic heterocycles. The summed E-state index contributed by atoms with van der Waals surface area (Å²) in [6.07, 6.45) is -1.17. The van der Waals surface area contributed by atoms with Gasteiger partial charge in [-0.15, -0.1) is 0 Å². The second-order valence-electron chi connectivity index (χ2n) is 10.1. The Morgan fingerprint density at radius 3 is 2.23 bits per heavy atom. The molecule has 0 saturated heterocycles. The van der Waals surface area contributed by atoms with Gasteiger partial charge in [0.25, 0.3) is 5.91 Å². The number of carbonyl (C=O) groups excluding carboxylic acids is 4. The Balaban J connectivity index is 1.56. The summed E-state index contributed by atoms with van der Waals surface area (Å²) in [6.45, 7) is -0.402. The highest BCUT2D eigenvalue weighted by atomic mass is 16.4. The fraction of sp³-hybridized carbons (Fsp3) is 0.226. The molecular formula is C31H31N5O8. The van der Waals surface area contributed by atoms with Gasteiger partial charge in [-0.05, 0) is 35.7 Å². The summed E-state index contributed by atoms with van der Waals surface area (Å²) in [7, 11) is 0. The van der Waals surface area contributed by atoms with Crippen LogP contribution in [0.25, 0.3) is 0 Å². The molecule has 2 atom stereocenters. The monoisotopic (exact) mass is 601 g/mol. The van der Waals surface area contributed by atoms with E-state index >= 15 is 0 Å². The standard InChI is InChI=1S/C31H31N5O8/c37-26(34-24(16-28(40)41)20-9-5-2-6-10-20)18-36-25(13-14-27(38)39)29(42)35-23-12-11-21(15-22(23)30(36)43)33-31(44)32-17-19-7-3-1-4-8-19/h1-12,15,24-25H,13-14,16-18H2,(H,34,37)(H,35,42)(H,38,39)(H,40,41)(H2,32,33,44)/t24-,25+/m1/s1. The van der Waals surface area contributed by atoms with Crippen molar-refractivity contribution in [3.05, 3.63) is 95.6 Å². The van der Waals surface area contributed by atoms with E-state index in [-0.39, 0.29) is 29.9 Å². The van der Waals surface area contributed by atoms with E-state index in [4.69, 9.17) is 0 Å². The SMILES string of the molecule is O=C(O)CC[C@H]1C(=O)Nc2ccc(NC(=O)NCc3ccccc3)cc2C(=O)N1CC(=O)N[C@H](CC(=O)O)c1ccccc1. The number of nitrogens with zero attached hydrogens (tertiary/aromatic N) is 1. The molecule has 0 unspecified atom stereocenters. The number of aliphatic carboxylic acids is 2. The molecule has 0 radical (unpaired) electrons. The summed E-state index contributed by atoms with van der Waals surface area (Å²) in [4.78, 5) is 76.6. The number of benzene rings is 3. The second-order valence-corrected chi connectivity index (χ2v) is 10.1. The predicted octanol–water partition coefficient (Wildman–Crippen LogP) is 2.97. The van der Waals surface area contributed by atoms with Crippen molar-refractivity contribution in [3.8, 4) is 0 Å². The van der Waals surface area contributed by atoms with Crippen molar-refractivity contribution in [2.45, 2.75) is 37.9 Å². The van der Waals surface area contributed by atoms with E-state index in [1.807, 2.05) is 30.3 Å². The number of carbonyl (C=O) groups is 6. The van der Waals surface area contributed by atoms with Crippen molar-refractivity contribution in [1.82, 2.24) is 15.5 Å². The lowest BCUT2D eigenvalue weighted by atomic mass is 10.0. The van der Waals surface area contributed by atoms with Crippen LogP contribution >= 0.6 is 0 Å². The maximum Gasteiger partial charge on any atom is 0.319 e. The van der Waals surface area contributed by atoms with Crippen molar-refractivity contribution >= 4 is 47.1 Å². The molecule has 0 fully saturated rings. The van der Waals surface area contributed by atoms with Crippen LogP contribution < -0.4 is 21.3 Å². The van der Waals surface area contributed by atoms with Crippen LogP contribution in [0.4, 0.5) is 16.2 Å². The average Bonchev–Trinajstić information content (AvgIpc) is 3.09. The van der Waals surface area contributed by atoms with Crippen molar-refractivity contribution in [2.24, 2.45) is 0 Å². The van der Waals surface area contributed by atoms with Crippen molar-refractivity contribution in [1.29, 1.82) is 0 Å². The molecule has 13 nitrogen and oxygen atoms in total. The number of amides is 5. The molecule has 3 aromatic carbocycles. The highest BCUT2D eigenvalue weighted by Crippen LogP contribution is 2.28. The topological polar surface area (TPSA) is 194 Å². The third-order valence-electron chi connectivity index (χ3n) is 6.86. The Bertz CT molecular complexity index is 1550. The van der Waals surface area contributed by atoms with Gasteiger partial charge in [-0.3, -0.25) is 24.0 Å². The highest BCUT2D eigenvalue weighted by Gasteiger charge is 2.37. The Kier molecular flexibility index (Phi) is 10.3. The first kappa shape index (κ1) is 31.2. The molecule has 5 amide bonds. The molecular weight excluding hydrogens is 570 g/mol. The first-order chi connectivity index (χ1) is 21.1. The number of rotatable bonds is 12. The summed E-state index contributed by atoms with van der Waals surface area (Å²) < 4.78 is 0. The van der Waals surface area contributed by atoms with Gasteiger partial charge in [0.15, 0.2) is 0 Å². The smallest absolute Gasteiger partial charge is 0.319 e. The zero-order chi connectivity index (χ0) is 31.6. The molecule has 3 aromatic rings. The van der Waals surface area contributed by atoms with E-state index < -0.39 is 67.2 Å². The summed E-state index contributed by atoms with van der Waals surface area (Å²) in [6, 6.07) is 19.1. The lowest BCUT2D eigenvalue weighted by Crippen LogP contribution is -2.50. The molecule has 1 aliphatic rings. The Hall–Kier alpha value is -5.72. The summed E-state index contributed by atoms with van der Waals surface area (Å²) in [5, 5.41) is 29.2. The van der Waals surface area contributed by atoms with Gasteiger partial charge in [-0.1, -0.05) is 60.7 Å². The van der Waals surface area contributed by atoms with Gasteiger partial charge in [0.1, 0.15) is 12.6 Å². The van der Waals surface area contributed by atoms with E-state index in [0.717, 1.165) is 10.5 Å². The van der Waals surface area contributed by atoms with Crippen LogP contribution in [0, 0.1) is 0 Å². The lowest BCUT2D eigenvalue weighted by molar-refractivity contribution is -0.138. The first-order valence-corrected chi connectivity index (χ1v) is 13.7. The minimum Gasteiger partial charge on any atom is -0.481 e. The van der Waals surface area contributed by atoms with E-state index in [1.54, 1.807) is 30.3 Å². The molecule has 44 heavy (non-hydrogen) atoms. The molecule has 13 heteroatoms. The Morgan fingerprint density at radius 2 is 1.57 bits per heavy atom. The fourth-order valence-electron chi connectivity index (χ4n) is 4.75. The quantitative estimate of drug-likeness (QED) is 0.182. The lowest BCUT2D eigenvalue weighted by Gasteiger charge is -2.29. The summed E-state index contributed by atoms with van der Waals surface area (Å²) >= 11 is 0. The largest absolute Gasteiger partial charge is 0.481 e. The molecule has 6 N–H and O–H groups in total. The summed E-state index contributed by atoms with van der Waals surface area (Å²) in [5.41, 5.74) is 1.72. The average molecular weight is 602 g/mol. The van der Waals surface area contributed by atoms with Crippen molar-refractivity contribution < 1.29 is 39.0 Å². The minimum absolute atomic E-state index is 0.0324. The number of carboxylic acid groups (broad SMARTS) is 2. The molecule has 0 aliphatic carbocycles. The molecule has 0 spiro atoms. The van der Waals surface area contributed by atoms with Gasteiger partial charge in [-0.25, -0.2) is 4.79 Å². The molecule has 0 saturated carbocycles. The van der Waals surface area contributed by atoms with E-state index in [9.17, 15) is 39.0 Å². The third kappa shape index (κ3) is 8.41. The van der Waals surface area contributed by atoms with Crippen LogP contribution in [0.5, 0.6) is 0 Å². The van der Waals surface area contributed by atoms with Crippen molar-refractivity contribution in [2.75, 3.05) is 17.2 Å². The highest BCUT2D eigenvalue weighted by molar-refractivity contribution is 6.11. The van der Waals surface area contributed by atoms with Crippen molar-refractivity contribution in [3.63, 3.8) is 0 Å². The van der Waals surface area contributed by atoms with Gasteiger partial charge < -0.3 is 36.4 Å². The zero-order valence-corrected chi connectivity index (χ0v) is 23.5. The van der Waals surface area contributed by atoms with Crippen LogP contribution in [0.1, 0.15) is 46.8 Å². The Morgan fingerprint density at radius 1 is 0.886 bits per heavy atom. The number of hydrogen-bond donors (Lipinski definition) is 6. The fourth-order valence-corrected chi connectivity index (χ4v) is 4.75. The molecule has 1 heterocycles. The van der Waals surface area contributed by atoms with Gasteiger partial charge in [0.05, 0.1) is 23.7 Å². The van der Waals surface area contributed by atoms with Crippen LogP contribution in [-0.4, -0.2) is 63.4 Å². The zero-order valence-electron chi connectivity index (χ0n) is 23.5. The molecule has 4 rings (SSSR count). The van der Waals surface area contributed by atoms with E-state index in [1.165, 1.54) is 18.2 Å². The predicted molar refractivity (Wildman–Crippen MR) is 159 cm³/mol. The number of hydrogen-bond acceptors (Lipinski definition) is 6. The van der Waals surface area contributed by atoms with E-state index in [2.05, 4.69) is 21.3 Å². The number of urea groups is 1. The van der Waals surface area contributed by atoms with Gasteiger partial charge in [-0.2, -0.15) is 0 Å². The number of fused-ring (bicyclic) bond motifs is 1. The third-order valence-corrected chi connectivity index (χ3v) is 6.86. The number of anilines is 2. The maximum absolute atomic E-state index is 13.8. The molecule has 0 aromatic heterocycles. The maximum atomic E-state index is 13.8. The van der Waals surface area contributed by atoms with Crippen LogP contribution in [0.15, 0.2) is 78.9 Å². The molecule has 228 valence electrons. The van der Waals surface area contributed by atoms with E-state index in [0.29, 0.717) is 5.56 Å². The van der Waals surface area contributed by atoms with Gasteiger partial charge >= 0.3 is 18.0 Å². The van der Waals surface area contributed by atoms with Crippen LogP contribution in [-0.2, 0) is 25.7 Å². The summed E-state index contributed by atoms with van der Waals surface area (Å²) in [5.74, 6) is -4.57. The number of nitrogens with one attached hydrogen (secondary N) is 4.